The molecule has 1 N–H and O–H groups in total. The summed E-state index contributed by atoms with van der Waals surface area (Å²) in [5.41, 5.74) is 3.90. The third kappa shape index (κ3) is 2.39. The van der Waals surface area contributed by atoms with Gasteiger partial charge < -0.3 is 5.11 Å². The number of aliphatic hydroxyl groups excluding tert-OH is 1. The van der Waals surface area contributed by atoms with Crippen LogP contribution in [0.25, 0.3) is 10.8 Å². The van der Waals surface area contributed by atoms with Crippen LogP contribution in [0, 0.1) is 6.92 Å². The number of fused-ring (bicyclic) bond motifs is 1. The number of aryl methyl sites for hydroxylation is 1. The van der Waals surface area contributed by atoms with Crippen molar-refractivity contribution in [3.63, 3.8) is 0 Å². The van der Waals surface area contributed by atoms with Gasteiger partial charge in [-0.2, -0.15) is 0 Å². The van der Waals surface area contributed by atoms with Crippen molar-refractivity contribution in [2.45, 2.75) is 19.4 Å². The number of rotatable bonds is 3. The van der Waals surface area contributed by atoms with Crippen LogP contribution < -0.4 is 0 Å². The summed E-state index contributed by atoms with van der Waals surface area (Å²) in [6.07, 6.45) is 0.156. The largest absolute Gasteiger partial charge is 0.387 e. The highest BCUT2D eigenvalue weighted by atomic mass is 32.1. The molecular weight excluding hydrogens is 254 g/mol. The Morgan fingerprint density at radius 2 is 1.95 bits per heavy atom. The third-order valence-corrected chi connectivity index (χ3v) is 4.41. The second-order valence-electron chi connectivity index (χ2n) is 4.66. The number of hydrogen-bond acceptors (Lipinski definition) is 3. The summed E-state index contributed by atoms with van der Waals surface area (Å²) in [6, 6.07) is 14.5. The average molecular weight is 269 g/mol. The number of aliphatic hydroxyl groups is 1. The van der Waals surface area contributed by atoms with Crippen molar-refractivity contribution in [1.29, 1.82) is 0 Å². The molecule has 0 saturated carbocycles. The quantitative estimate of drug-likeness (QED) is 0.782. The first kappa shape index (κ1) is 12.3. The number of aromatic nitrogens is 1. The summed E-state index contributed by atoms with van der Waals surface area (Å²) in [4.78, 5) is 5.17. The standard InChI is InChI=1S/C16H15NOS/c1-11-16(19-10-17-11)15(18)9-13-7-4-6-12-5-2-3-8-14(12)13/h2-8,10,15,18H,9H2,1H3. The van der Waals surface area contributed by atoms with Gasteiger partial charge >= 0.3 is 0 Å². The molecule has 0 fully saturated rings. The average Bonchev–Trinajstić information content (AvgIpc) is 2.85. The lowest BCUT2D eigenvalue weighted by atomic mass is 9.99. The van der Waals surface area contributed by atoms with Crippen LogP contribution >= 0.6 is 11.3 Å². The van der Waals surface area contributed by atoms with Crippen molar-refractivity contribution >= 4 is 22.1 Å². The minimum Gasteiger partial charge on any atom is -0.387 e. The normalized spacial score (nSPS) is 12.7. The topological polar surface area (TPSA) is 33.1 Å². The number of nitrogens with zero attached hydrogens (tertiary/aromatic N) is 1. The maximum atomic E-state index is 10.4. The fourth-order valence-corrected chi connectivity index (χ4v) is 3.19. The van der Waals surface area contributed by atoms with Gasteiger partial charge in [0.25, 0.3) is 0 Å². The Morgan fingerprint density at radius 3 is 2.74 bits per heavy atom. The van der Waals surface area contributed by atoms with Crippen LogP contribution in [0.2, 0.25) is 0 Å². The van der Waals surface area contributed by atoms with E-state index in [0.29, 0.717) is 6.42 Å². The summed E-state index contributed by atoms with van der Waals surface area (Å²) >= 11 is 1.52. The van der Waals surface area contributed by atoms with Crippen LogP contribution in [0.5, 0.6) is 0 Å². The molecule has 0 aliphatic rings. The molecule has 1 aromatic heterocycles. The van der Waals surface area contributed by atoms with Crippen molar-refractivity contribution in [3.8, 4) is 0 Å². The first-order valence-corrected chi connectivity index (χ1v) is 7.18. The van der Waals surface area contributed by atoms with Crippen LogP contribution in [-0.2, 0) is 6.42 Å². The SMILES string of the molecule is Cc1ncsc1C(O)Cc1cccc2ccccc12. The highest BCUT2D eigenvalue weighted by Gasteiger charge is 2.14. The van der Waals surface area contributed by atoms with Gasteiger partial charge in [0.15, 0.2) is 0 Å². The molecule has 2 nitrogen and oxygen atoms in total. The lowest BCUT2D eigenvalue weighted by Crippen LogP contribution is -2.02. The second kappa shape index (κ2) is 5.11. The van der Waals surface area contributed by atoms with E-state index in [4.69, 9.17) is 0 Å². The smallest absolute Gasteiger partial charge is 0.0941 e. The molecule has 0 bridgehead atoms. The fourth-order valence-electron chi connectivity index (χ4n) is 2.40. The summed E-state index contributed by atoms with van der Waals surface area (Å²) in [5.74, 6) is 0. The van der Waals surface area contributed by atoms with E-state index in [9.17, 15) is 5.11 Å². The van der Waals surface area contributed by atoms with Gasteiger partial charge in [0.1, 0.15) is 0 Å². The van der Waals surface area contributed by atoms with Gasteiger partial charge in [0.05, 0.1) is 22.2 Å². The molecule has 3 rings (SSSR count). The summed E-state index contributed by atoms with van der Waals surface area (Å²) in [6.45, 7) is 1.94. The molecule has 1 atom stereocenters. The molecule has 96 valence electrons. The van der Waals surface area contributed by atoms with E-state index in [2.05, 4.69) is 29.2 Å². The van der Waals surface area contributed by atoms with E-state index in [1.165, 1.54) is 27.7 Å². The number of hydrogen-bond donors (Lipinski definition) is 1. The Balaban J connectivity index is 1.96. The highest BCUT2D eigenvalue weighted by molar-refractivity contribution is 7.09. The Hall–Kier alpha value is -1.71. The van der Waals surface area contributed by atoms with Gasteiger partial charge in [-0.1, -0.05) is 42.5 Å². The van der Waals surface area contributed by atoms with Crippen molar-refractivity contribution in [2.24, 2.45) is 0 Å². The molecule has 1 unspecified atom stereocenters. The second-order valence-corrected chi connectivity index (χ2v) is 5.55. The molecule has 0 amide bonds. The molecule has 3 aromatic rings. The Labute approximate surface area is 116 Å². The zero-order valence-electron chi connectivity index (χ0n) is 10.7. The summed E-state index contributed by atoms with van der Waals surface area (Å²) < 4.78 is 0. The first-order chi connectivity index (χ1) is 9.25. The molecule has 0 aliphatic carbocycles. The Bertz CT molecular complexity index is 699. The maximum Gasteiger partial charge on any atom is 0.0941 e. The maximum absolute atomic E-state index is 10.4. The van der Waals surface area contributed by atoms with E-state index < -0.39 is 6.10 Å². The van der Waals surface area contributed by atoms with Gasteiger partial charge in [-0.05, 0) is 23.3 Å². The zero-order chi connectivity index (χ0) is 13.2. The van der Waals surface area contributed by atoms with E-state index in [1.807, 2.05) is 25.1 Å². The van der Waals surface area contributed by atoms with Crippen molar-refractivity contribution < 1.29 is 5.11 Å². The molecular formula is C16H15NOS. The number of benzene rings is 2. The Kier molecular flexibility index (Phi) is 3.32. The Morgan fingerprint density at radius 1 is 1.16 bits per heavy atom. The molecule has 0 spiro atoms. The van der Waals surface area contributed by atoms with Crippen molar-refractivity contribution in [3.05, 3.63) is 64.1 Å². The number of thiazole rings is 1. The third-order valence-electron chi connectivity index (χ3n) is 3.38. The van der Waals surface area contributed by atoms with Crippen LogP contribution in [0.15, 0.2) is 48.0 Å². The zero-order valence-corrected chi connectivity index (χ0v) is 11.5. The van der Waals surface area contributed by atoms with Gasteiger partial charge in [0, 0.05) is 6.42 Å². The van der Waals surface area contributed by atoms with E-state index in [1.54, 1.807) is 5.51 Å². The lowest BCUT2D eigenvalue weighted by Gasteiger charge is -2.11. The van der Waals surface area contributed by atoms with Gasteiger partial charge in [0.2, 0.25) is 0 Å². The van der Waals surface area contributed by atoms with E-state index in [0.717, 1.165) is 10.6 Å². The molecule has 0 radical (unpaired) electrons. The monoisotopic (exact) mass is 269 g/mol. The highest BCUT2D eigenvalue weighted by Crippen LogP contribution is 2.28. The van der Waals surface area contributed by atoms with Crippen LogP contribution in [0.4, 0.5) is 0 Å². The first-order valence-electron chi connectivity index (χ1n) is 6.30. The van der Waals surface area contributed by atoms with Crippen LogP contribution in [0.3, 0.4) is 0 Å². The molecule has 3 heteroatoms. The molecule has 0 aliphatic heterocycles. The van der Waals surface area contributed by atoms with Crippen LogP contribution in [0.1, 0.15) is 22.2 Å². The fraction of sp³-hybridized carbons (Fsp3) is 0.188. The minimum atomic E-state index is -0.474. The molecule has 2 aromatic carbocycles. The molecule has 1 heterocycles. The van der Waals surface area contributed by atoms with E-state index in [-0.39, 0.29) is 0 Å². The van der Waals surface area contributed by atoms with Gasteiger partial charge in [-0.15, -0.1) is 11.3 Å². The predicted octanol–water partition coefficient (Wildman–Crippen LogP) is 3.88. The predicted molar refractivity (Wildman–Crippen MR) is 79.5 cm³/mol. The van der Waals surface area contributed by atoms with Gasteiger partial charge in [-0.25, -0.2) is 4.98 Å². The summed E-state index contributed by atoms with van der Waals surface area (Å²) in [5, 5.41) is 12.8. The lowest BCUT2D eigenvalue weighted by molar-refractivity contribution is 0.181. The van der Waals surface area contributed by atoms with Crippen LogP contribution in [-0.4, -0.2) is 10.1 Å². The van der Waals surface area contributed by atoms with Gasteiger partial charge in [-0.3, -0.25) is 0 Å². The van der Waals surface area contributed by atoms with E-state index >= 15 is 0 Å². The van der Waals surface area contributed by atoms with Crippen molar-refractivity contribution in [2.75, 3.05) is 0 Å². The molecule has 19 heavy (non-hydrogen) atoms. The molecule has 0 saturated heterocycles. The minimum absolute atomic E-state index is 0.474. The van der Waals surface area contributed by atoms with Crippen molar-refractivity contribution in [1.82, 2.24) is 4.98 Å². The summed E-state index contributed by atoms with van der Waals surface area (Å²) in [7, 11) is 0.